The Bertz CT molecular complexity index is 1030. The van der Waals surface area contributed by atoms with Crippen LogP contribution in [-0.2, 0) is 0 Å². The summed E-state index contributed by atoms with van der Waals surface area (Å²) in [6.07, 6.45) is 10.1. The van der Waals surface area contributed by atoms with E-state index in [4.69, 9.17) is 11.1 Å². The van der Waals surface area contributed by atoms with Crippen LogP contribution >= 0.6 is 24.8 Å². The van der Waals surface area contributed by atoms with Crippen LogP contribution in [-0.4, -0.2) is 40.5 Å². The quantitative estimate of drug-likeness (QED) is 0.276. The molecule has 1 amide bonds. The van der Waals surface area contributed by atoms with E-state index < -0.39 is 0 Å². The Hall–Kier alpha value is -2.32. The van der Waals surface area contributed by atoms with Gasteiger partial charge in [0.25, 0.3) is 5.91 Å². The number of anilines is 1. The number of fused-ring (bicyclic) bond motifs is 1. The molecule has 0 saturated heterocycles. The van der Waals surface area contributed by atoms with E-state index in [9.17, 15) is 4.79 Å². The van der Waals surface area contributed by atoms with E-state index in [2.05, 4.69) is 38.9 Å². The van der Waals surface area contributed by atoms with Crippen molar-refractivity contribution in [3.63, 3.8) is 0 Å². The second-order valence-electron chi connectivity index (χ2n) is 10.2. The fraction of sp³-hybridized carbons (Fsp3) is 0.600. The molecule has 0 aliphatic heterocycles. The number of hydrogen-bond donors (Lipinski definition) is 5. The maximum atomic E-state index is 13.1. The minimum Gasteiger partial charge on any atom is -0.370 e. The summed E-state index contributed by atoms with van der Waals surface area (Å²) in [5.74, 6) is 0.614. The van der Waals surface area contributed by atoms with Crippen molar-refractivity contribution in [1.29, 1.82) is 5.41 Å². The van der Waals surface area contributed by atoms with E-state index in [1.54, 1.807) is 0 Å². The lowest BCUT2D eigenvalue weighted by molar-refractivity contribution is 0.0909. The molecule has 0 unspecified atom stereocenters. The zero-order valence-electron chi connectivity index (χ0n) is 20.7. The van der Waals surface area contributed by atoms with Crippen LogP contribution in [0.4, 0.5) is 5.82 Å². The monoisotopic (exact) mass is 523 g/mol. The van der Waals surface area contributed by atoms with Crippen molar-refractivity contribution < 1.29 is 4.79 Å². The molecule has 2 aliphatic rings. The molecular weight excluding hydrogens is 485 g/mol. The molecular formula is C25H39Cl2N7O. The molecule has 2 aliphatic carbocycles. The van der Waals surface area contributed by atoms with Gasteiger partial charge in [0.05, 0.1) is 5.52 Å². The Labute approximate surface area is 220 Å². The van der Waals surface area contributed by atoms with Gasteiger partial charge < -0.3 is 21.7 Å². The molecule has 0 bridgehead atoms. The molecule has 0 radical (unpaired) electrons. The first-order valence-electron chi connectivity index (χ1n) is 12.3. The van der Waals surface area contributed by atoms with Crippen molar-refractivity contribution in [3.8, 4) is 0 Å². The van der Waals surface area contributed by atoms with Crippen molar-refractivity contribution >= 4 is 53.4 Å². The van der Waals surface area contributed by atoms with Gasteiger partial charge in [-0.1, -0.05) is 50.7 Å². The highest BCUT2D eigenvalue weighted by atomic mass is 35.5. The van der Waals surface area contributed by atoms with Crippen LogP contribution < -0.4 is 21.7 Å². The molecule has 194 valence electrons. The van der Waals surface area contributed by atoms with Gasteiger partial charge in [-0.2, -0.15) is 0 Å². The normalized spacial score (nSPS) is 21.2. The molecule has 10 heteroatoms. The molecule has 2 fully saturated rings. The van der Waals surface area contributed by atoms with Gasteiger partial charge in [-0.25, -0.2) is 9.97 Å². The number of halogens is 2. The van der Waals surface area contributed by atoms with Crippen LogP contribution in [0.15, 0.2) is 18.2 Å². The summed E-state index contributed by atoms with van der Waals surface area (Å²) in [7, 11) is 0. The molecule has 2 atom stereocenters. The number of nitrogens with two attached hydrogens (primary N) is 1. The first-order valence-corrected chi connectivity index (χ1v) is 12.3. The van der Waals surface area contributed by atoms with E-state index in [1.807, 2.05) is 19.1 Å². The fourth-order valence-electron chi connectivity index (χ4n) is 5.26. The van der Waals surface area contributed by atoms with Gasteiger partial charge in [-0.05, 0) is 50.2 Å². The second kappa shape index (κ2) is 12.6. The summed E-state index contributed by atoms with van der Waals surface area (Å²) in [6.45, 7) is 4.95. The van der Waals surface area contributed by atoms with Crippen molar-refractivity contribution in [3.05, 3.63) is 29.6 Å². The summed E-state index contributed by atoms with van der Waals surface area (Å²) in [6, 6.07) is 6.12. The smallest absolute Gasteiger partial charge is 0.289 e. The van der Waals surface area contributed by atoms with E-state index in [0.717, 1.165) is 55.0 Å². The van der Waals surface area contributed by atoms with Crippen molar-refractivity contribution in [2.75, 3.05) is 11.9 Å². The lowest BCUT2D eigenvalue weighted by atomic mass is 9.76. The van der Waals surface area contributed by atoms with Crippen LogP contribution in [0.1, 0.15) is 80.9 Å². The highest BCUT2D eigenvalue weighted by Gasteiger charge is 2.29. The number of nitrogens with zero attached hydrogens (tertiary/aromatic N) is 2. The van der Waals surface area contributed by atoms with E-state index in [-0.39, 0.29) is 60.0 Å². The van der Waals surface area contributed by atoms with Crippen molar-refractivity contribution in [2.45, 2.75) is 83.7 Å². The fourth-order valence-corrected chi connectivity index (χ4v) is 5.26. The van der Waals surface area contributed by atoms with Gasteiger partial charge in [-0.15, -0.1) is 24.8 Å². The molecule has 6 N–H and O–H groups in total. The number of carbonyl (C=O) groups is 1. The predicted octanol–water partition coefficient (Wildman–Crippen LogP) is 4.69. The average Bonchev–Trinajstić information content (AvgIpc) is 2.79. The molecule has 4 rings (SSSR count). The summed E-state index contributed by atoms with van der Waals surface area (Å²) < 4.78 is 0. The maximum absolute atomic E-state index is 13.1. The molecule has 35 heavy (non-hydrogen) atoms. The van der Waals surface area contributed by atoms with Crippen LogP contribution in [0.25, 0.3) is 10.9 Å². The highest BCUT2D eigenvalue weighted by molar-refractivity contribution is 5.96. The lowest BCUT2D eigenvalue weighted by Crippen LogP contribution is -2.50. The molecule has 1 aromatic carbocycles. The van der Waals surface area contributed by atoms with Gasteiger partial charge in [0.1, 0.15) is 5.82 Å². The number of guanidine groups is 1. The zero-order valence-corrected chi connectivity index (χ0v) is 22.3. The summed E-state index contributed by atoms with van der Waals surface area (Å²) >= 11 is 0. The minimum atomic E-state index is -0.227. The van der Waals surface area contributed by atoms with Crippen molar-refractivity contribution in [1.82, 2.24) is 20.6 Å². The van der Waals surface area contributed by atoms with Gasteiger partial charge in [0, 0.05) is 24.0 Å². The largest absolute Gasteiger partial charge is 0.370 e. The van der Waals surface area contributed by atoms with Crippen LogP contribution in [0, 0.1) is 17.7 Å². The SMILES string of the molecule is Cc1ccc2nc(C(=O)NCC3(C)CCCCC3)nc(N[C@H]3CCCC[C@H]3NC(=N)N)c2c1.Cl.Cl. The van der Waals surface area contributed by atoms with Gasteiger partial charge in [0.2, 0.25) is 5.82 Å². The molecule has 2 saturated carbocycles. The number of aryl methyl sites for hydroxylation is 1. The minimum absolute atomic E-state index is 0. The Kier molecular flexibility index (Phi) is 10.4. The first-order chi connectivity index (χ1) is 15.8. The maximum Gasteiger partial charge on any atom is 0.289 e. The van der Waals surface area contributed by atoms with Crippen LogP contribution in [0.5, 0.6) is 0 Å². The first kappa shape index (κ1) is 28.9. The van der Waals surface area contributed by atoms with Gasteiger partial charge >= 0.3 is 0 Å². The Balaban J connectivity index is 0.00000216. The second-order valence-corrected chi connectivity index (χ2v) is 10.2. The predicted molar refractivity (Wildman–Crippen MR) is 147 cm³/mol. The number of benzene rings is 1. The molecule has 2 aromatic rings. The number of carbonyl (C=O) groups excluding carboxylic acids is 1. The average molecular weight is 525 g/mol. The van der Waals surface area contributed by atoms with Crippen LogP contribution in [0.2, 0.25) is 0 Å². The molecule has 0 spiro atoms. The summed E-state index contributed by atoms with van der Waals surface area (Å²) in [5.41, 5.74) is 7.63. The lowest BCUT2D eigenvalue weighted by Gasteiger charge is -2.34. The van der Waals surface area contributed by atoms with E-state index in [1.165, 1.54) is 19.3 Å². The summed E-state index contributed by atoms with van der Waals surface area (Å²) in [5, 5.41) is 18.3. The van der Waals surface area contributed by atoms with E-state index >= 15 is 0 Å². The van der Waals surface area contributed by atoms with E-state index in [0.29, 0.717) is 12.4 Å². The summed E-state index contributed by atoms with van der Waals surface area (Å²) in [4.78, 5) is 22.4. The molecule has 1 heterocycles. The topological polar surface area (TPSA) is 129 Å². The molecule has 8 nitrogen and oxygen atoms in total. The standard InChI is InChI=1S/C25H37N7O.2ClH/c1-16-10-11-18-17(14-16)21(30-19-8-4-5-9-20(19)31-24(26)27)32-22(29-18)23(33)28-15-25(2)12-6-3-7-13-25;;/h10-11,14,19-20H,3-9,12-13,15H2,1-2H3,(H,28,33)(H4,26,27,31)(H,29,30,32);2*1H/t19-,20+;;/m0../s1. The number of hydrogen-bond acceptors (Lipinski definition) is 5. The van der Waals surface area contributed by atoms with Gasteiger partial charge in [-0.3, -0.25) is 10.2 Å². The number of aromatic nitrogens is 2. The highest BCUT2D eigenvalue weighted by Crippen LogP contribution is 2.35. The van der Waals surface area contributed by atoms with Crippen molar-refractivity contribution in [2.24, 2.45) is 11.1 Å². The zero-order chi connectivity index (χ0) is 23.4. The Morgan fingerprint density at radius 2 is 1.77 bits per heavy atom. The van der Waals surface area contributed by atoms with Gasteiger partial charge in [0.15, 0.2) is 5.96 Å². The molecule has 1 aromatic heterocycles. The number of rotatable bonds is 6. The number of nitrogens with one attached hydrogen (secondary N) is 4. The number of amides is 1. The Morgan fingerprint density at radius 3 is 2.46 bits per heavy atom. The Morgan fingerprint density at radius 1 is 1.09 bits per heavy atom. The van der Waals surface area contributed by atoms with Crippen LogP contribution in [0.3, 0.4) is 0 Å². The third-order valence-corrected chi connectivity index (χ3v) is 7.22. The third kappa shape index (κ3) is 7.34. The third-order valence-electron chi connectivity index (χ3n) is 7.22.